The number of carboxylic acids is 1. The van der Waals surface area contributed by atoms with Crippen molar-refractivity contribution in [3.8, 4) is 11.5 Å². The molecule has 1 saturated heterocycles. The number of rotatable bonds is 7. The van der Waals surface area contributed by atoms with Crippen LogP contribution in [0.1, 0.15) is 36.2 Å². The zero-order valence-corrected chi connectivity index (χ0v) is 24.1. The van der Waals surface area contributed by atoms with E-state index in [1.165, 1.54) is 16.7 Å². The third-order valence-electron chi connectivity index (χ3n) is 7.98. The number of aromatic carboxylic acids is 1. The summed E-state index contributed by atoms with van der Waals surface area (Å²) < 4.78 is 12.4. The molecule has 0 bridgehead atoms. The van der Waals surface area contributed by atoms with Gasteiger partial charge >= 0.3 is 5.97 Å². The molecule has 0 amide bonds. The summed E-state index contributed by atoms with van der Waals surface area (Å²) in [5.41, 5.74) is 5.71. The molecule has 2 aliphatic rings. The molecule has 0 aliphatic carbocycles. The first-order valence-corrected chi connectivity index (χ1v) is 14.3. The predicted molar refractivity (Wildman–Crippen MR) is 163 cm³/mol. The zero-order valence-electron chi connectivity index (χ0n) is 23.3. The fourth-order valence-corrected chi connectivity index (χ4v) is 5.86. The van der Waals surface area contributed by atoms with Crippen molar-refractivity contribution in [1.82, 2.24) is 9.88 Å². The van der Waals surface area contributed by atoms with E-state index in [4.69, 9.17) is 21.1 Å². The Hall–Kier alpha value is -3.78. The fourth-order valence-electron chi connectivity index (χ4n) is 5.74. The topological polar surface area (TPSA) is 78.0 Å². The molecule has 4 aromatic rings. The smallest absolute Gasteiger partial charge is 0.339 e. The molecule has 7 nitrogen and oxygen atoms in total. The number of nitrogens with zero attached hydrogens (tertiary/aromatic N) is 2. The van der Waals surface area contributed by atoms with Gasteiger partial charge in [-0.1, -0.05) is 29.8 Å². The molecule has 212 valence electrons. The van der Waals surface area contributed by atoms with Crippen molar-refractivity contribution >= 4 is 39.7 Å². The Bertz CT molecular complexity index is 1600. The molecule has 0 unspecified atom stereocenters. The number of carboxylic acid groups (broad SMARTS) is 1. The summed E-state index contributed by atoms with van der Waals surface area (Å²) in [6.07, 6.45) is 2.71. The van der Waals surface area contributed by atoms with Crippen LogP contribution in [0.5, 0.6) is 11.5 Å². The average molecular weight is 572 g/mol. The number of aromatic amines is 1. The van der Waals surface area contributed by atoms with Crippen LogP contribution in [0, 0.1) is 0 Å². The van der Waals surface area contributed by atoms with Crippen LogP contribution in [0.15, 0.2) is 78.5 Å². The maximum Gasteiger partial charge on any atom is 0.339 e. The van der Waals surface area contributed by atoms with Crippen molar-refractivity contribution in [2.75, 3.05) is 44.2 Å². The van der Waals surface area contributed by atoms with Gasteiger partial charge in [0.2, 0.25) is 0 Å². The van der Waals surface area contributed by atoms with Gasteiger partial charge in [-0.15, -0.1) is 0 Å². The van der Waals surface area contributed by atoms with Crippen molar-refractivity contribution < 1.29 is 19.4 Å². The Morgan fingerprint density at radius 2 is 1.80 bits per heavy atom. The van der Waals surface area contributed by atoms with Crippen molar-refractivity contribution in [3.63, 3.8) is 0 Å². The lowest BCUT2D eigenvalue weighted by atomic mass is 9.87. The number of benzene rings is 3. The van der Waals surface area contributed by atoms with Gasteiger partial charge < -0.3 is 24.5 Å². The molecule has 2 N–H and O–H groups in total. The van der Waals surface area contributed by atoms with E-state index in [2.05, 4.69) is 40.8 Å². The largest absolute Gasteiger partial charge is 0.478 e. The maximum absolute atomic E-state index is 12.0. The number of hydrogen-bond donors (Lipinski definition) is 2. The van der Waals surface area contributed by atoms with E-state index in [0.717, 1.165) is 60.8 Å². The minimum atomic E-state index is -1.01. The van der Waals surface area contributed by atoms with Gasteiger partial charge in [0.05, 0.1) is 12.2 Å². The number of fused-ring (bicyclic) bond motifs is 1. The van der Waals surface area contributed by atoms with Crippen LogP contribution in [-0.2, 0) is 4.74 Å². The molecule has 0 radical (unpaired) electrons. The number of hydrogen-bond acceptors (Lipinski definition) is 5. The van der Waals surface area contributed by atoms with E-state index in [0.29, 0.717) is 18.1 Å². The SMILES string of the molecule is CC1(C)CC(c2ccc(Cl)cc2)=C(CN2CCN(c3ccc(C(=O)O)c(Oc4cccc5[nH]ccc45)c3)CC2)CO1. The number of H-pyrrole nitrogens is 1. The molecule has 41 heavy (non-hydrogen) atoms. The van der Waals surface area contributed by atoms with Gasteiger partial charge in [0.25, 0.3) is 0 Å². The van der Waals surface area contributed by atoms with Crippen LogP contribution < -0.4 is 9.64 Å². The van der Waals surface area contributed by atoms with E-state index in [1.54, 1.807) is 6.07 Å². The highest BCUT2D eigenvalue weighted by atomic mass is 35.5. The first-order valence-electron chi connectivity index (χ1n) is 14.0. The monoisotopic (exact) mass is 571 g/mol. The Morgan fingerprint density at radius 1 is 1.02 bits per heavy atom. The van der Waals surface area contributed by atoms with E-state index < -0.39 is 5.97 Å². The van der Waals surface area contributed by atoms with Crippen LogP contribution in [0.2, 0.25) is 5.02 Å². The molecular formula is C33H34ClN3O4. The summed E-state index contributed by atoms with van der Waals surface area (Å²) in [7, 11) is 0. The Kier molecular flexibility index (Phi) is 7.51. The molecule has 0 spiro atoms. The third kappa shape index (κ3) is 5.98. The van der Waals surface area contributed by atoms with Gasteiger partial charge in [-0.3, -0.25) is 4.90 Å². The normalized spacial score (nSPS) is 17.7. The molecule has 1 fully saturated rings. The lowest BCUT2D eigenvalue weighted by Crippen LogP contribution is -2.47. The number of aromatic nitrogens is 1. The highest BCUT2D eigenvalue weighted by molar-refractivity contribution is 6.30. The molecule has 0 atom stereocenters. The second-order valence-electron chi connectivity index (χ2n) is 11.4. The summed E-state index contributed by atoms with van der Waals surface area (Å²) in [5.74, 6) is -0.0537. The van der Waals surface area contributed by atoms with Crippen LogP contribution in [0.3, 0.4) is 0 Å². The van der Waals surface area contributed by atoms with E-state index in [-0.39, 0.29) is 11.2 Å². The molecule has 0 saturated carbocycles. The summed E-state index contributed by atoms with van der Waals surface area (Å²) in [6.45, 7) is 9.20. The van der Waals surface area contributed by atoms with Crippen molar-refractivity contribution in [3.05, 3.63) is 94.6 Å². The number of halogens is 1. The van der Waals surface area contributed by atoms with Gasteiger partial charge in [-0.2, -0.15) is 0 Å². The number of nitrogens with one attached hydrogen (secondary N) is 1. The highest BCUT2D eigenvalue weighted by Crippen LogP contribution is 2.37. The maximum atomic E-state index is 12.0. The Morgan fingerprint density at radius 3 is 2.56 bits per heavy atom. The molecule has 2 aliphatic heterocycles. The second-order valence-corrected chi connectivity index (χ2v) is 11.8. The van der Waals surface area contributed by atoms with Crippen LogP contribution in [0.4, 0.5) is 5.69 Å². The van der Waals surface area contributed by atoms with Crippen molar-refractivity contribution in [2.24, 2.45) is 0 Å². The quantitative estimate of drug-likeness (QED) is 0.247. The molecule has 1 aromatic heterocycles. The average Bonchev–Trinajstić information content (AvgIpc) is 3.45. The van der Waals surface area contributed by atoms with Crippen molar-refractivity contribution in [2.45, 2.75) is 25.9 Å². The number of carbonyl (C=O) groups is 1. The molecule has 3 heterocycles. The van der Waals surface area contributed by atoms with E-state index in [9.17, 15) is 9.90 Å². The lowest BCUT2D eigenvalue weighted by molar-refractivity contribution is -0.0101. The lowest BCUT2D eigenvalue weighted by Gasteiger charge is -2.39. The van der Waals surface area contributed by atoms with E-state index >= 15 is 0 Å². The van der Waals surface area contributed by atoms with Crippen LogP contribution in [0.25, 0.3) is 16.5 Å². The zero-order chi connectivity index (χ0) is 28.6. The third-order valence-corrected chi connectivity index (χ3v) is 8.23. The molecule has 8 heteroatoms. The summed E-state index contributed by atoms with van der Waals surface area (Å²) >= 11 is 6.16. The first-order chi connectivity index (χ1) is 19.8. The number of ether oxygens (including phenoxy) is 2. The van der Waals surface area contributed by atoms with Gasteiger partial charge in [0, 0.05) is 73.0 Å². The second kappa shape index (κ2) is 11.2. The van der Waals surface area contributed by atoms with Gasteiger partial charge in [0.15, 0.2) is 0 Å². The number of anilines is 1. The predicted octanol–water partition coefficient (Wildman–Crippen LogP) is 7.09. The Labute approximate surface area is 244 Å². The summed E-state index contributed by atoms with van der Waals surface area (Å²) in [6, 6.07) is 21.1. The number of piperazine rings is 1. The van der Waals surface area contributed by atoms with Gasteiger partial charge in [-0.25, -0.2) is 4.79 Å². The highest BCUT2D eigenvalue weighted by Gasteiger charge is 2.30. The Balaban J connectivity index is 1.18. The minimum Gasteiger partial charge on any atom is -0.478 e. The van der Waals surface area contributed by atoms with Crippen molar-refractivity contribution in [1.29, 1.82) is 0 Å². The summed E-state index contributed by atoms with van der Waals surface area (Å²) in [5, 5.41) is 11.5. The first kappa shape index (κ1) is 27.4. The fraction of sp³-hybridized carbons (Fsp3) is 0.303. The molecular weight excluding hydrogens is 538 g/mol. The van der Waals surface area contributed by atoms with Gasteiger partial charge in [0.1, 0.15) is 17.1 Å². The van der Waals surface area contributed by atoms with Gasteiger partial charge in [-0.05, 0) is 73.0 Å². The molecule has 6 rings (SSSR count). The summed E-state index contributed by atoms with van der Waals surface area (Å²) in [4.78, 5) is 19.9. The van der Waals surface area contributed by atoms with Crippen LogP contribution >= 0.6 is 11.6 Å². The molecule has 3 aromatic carbocycles. The van der Waals surface area contributed by atoms with Crippen LogP contribution in [-0.4, -0.2) is 65.9 Å². The van der Waals surface area contributed by atoms with E-state index in [1.807, 2.05) is 54.7 Å². The minimum absolute atomic E-state index is 0.141. The standard InChI is InChI=1S/C33H34ClN3O4/c1-33(2)19-28(22-6-8-24(34)9-7-22)23(21-40-33)20-36-14-16-37(17-15-36)25-10-11-27(32(38)39)31(18-25)41-30-5-3-4-29-26(30)12-13-35-29/h3-13,18,35H,14-17,19-21H2,1-2H3,(H,38,39).